The number of carbonyl (C=O) groups is 1. The lowest BCUT2D eigenvalue weighted by molar-refractivity contribution is 0.0877. The fourth-order valence-electron chi connectivity index (χ4n) is 2.74. The van der Waals surface area contributed by atoms with Crippen molar-refractivity contribution in [3.05, 3.63) is 23.7 Å². The smallest absolute Gasteiger partial charge is 0.288 e. The Morgan fingerprint density at radius 1 is 1.30 bits per heavy atom. The van der Waals surface area contributed by atoms with Crippen LogP contribution in [0, 0.1) is 11.3 Å². The first-order valence-electron chi connectivity index (χ1n) is 7.51. The molecule has 0 aromatic carbocycles. The molecular formula is C16H22N2O2. The highest BCUT2D eigenvalue weighted by Crippen LogP contribution is 2.26. The van der Waals surface area contributed by atoms with E-state index in [1.807, 2.05) is 13.0 Å². The Balaban J connectivity index is 2.07. The molecule has 0 radical (unpaired) electrons. The Kier molecular flexibility index (Phi) is 4.84. The molecule has 4 heteroatoms. The van der Waals surface area contributed by atoms with Crippen molar-refractivity contribution in [2.45, 2.75) is 63.8 Å². The lowest BCUT2D eigenvalue weighted by Crippen LogP contribution is -2.47. The zero-order valence-corrected chi connectivity index (χ0v) is 12.1. The predicted octanol–water partition coefficient (Wildman–Crippen LogP) is 3.58. The van der Waals surface area contributed by atoms with Crippen molar-refractivity contribution in [2.24, 2.45) is 0 Å². The van der Waals surface area contributed by atoms with Gasteiger partial charge in [0.15, 0.2) is 5.76 Å². The molecule has 0 saturated heterocycles. The number of furan rings is 1. The molecule has 1 aliphatic carbocycles. The summed E-state index contributed by atoms with van der Waals surface area (Å²) in [4.78, 5) is 12.2. The third-order valence-corrected chi connectivity index (χ3v) is 4.01. The molecule has 2 rings (SSSR count). The van der Waals surface area contributed by atoms with Gasteiger partial charge in [-0.2, -0.15) is 5.26 Å². The van der Waals surface area contributed by atoms with E-state index in [-0.39, 0.29) is 5.91 Å². The van der Waals surface area contributed by atoms with Crippen LogP contribution in [0.1, 0.15) is 68.2 Å². The summed E-state index contributed by atoms with van der Waals surface area (Å²) in [5.74, 6) is 0.823. The van der Waals surface area contributed by atoms with E-state index in [9.17, 15) is 10.1 Å². The van der Waals surface area contributed by atoms with Crippen molar-refractivity contribution >= 4 is 5.91 Å². The van der Waals surface area contributed by atoms with E-state index in [1.54, 1.807) is 6.07 Å². The van der Waals surface area contributed by atoms with Gasteiger partial charge >= 0.3 is 0 Å². The predicted molar refractivity (Wildman–Crippen MR) is 76.2 cm³/mol. The molecule has 1 N–H and O–H groups in total. The highest BCUT2D eigenvalue weighted by molar-refractivity contribution is 5.92. The molecule has 20 heavy (non-hydrogen) atoms. The maximum atomic E-state index is 12.2. The third kappa shape index (κ3) is 3.41. The molecule has 4 nitrogen and oxygen atoms in total. The number of aryl methyl sites for hydroxylation is 1. The van der Waals surface area contributed by atoms with Crippen LogP contribution in [-0.2, 0) is 6.42 Å². The monoisotopic (exact) mass is 274 g/mol. The zero-order chi connectivity index (χ0) is 14.4. The number of nitrogens with one attached hydrogen (secondary N) is 1. The quantitative estimate of drug-likeness (QED) is 0.916. The first-order valence-corrected chi connectivity index (χ1v) is 7.51. The van der Waals surface area contributed by atoms with E-state index >= 15 is 0 Å². The second-order valence-corrected chi connectivity index (χ2v) is 5.54. The Morgan fingerprint density at radius 3 is 2.50 bits per heavy atom. The van der Waals surface area contributed by atoms with E-state index in [2.05, 4.69) is 11.4 Å². The Bertz CT molecular complexity index is 491. The number of nitriles is 1. The number of rotatable bonds is 3. The standard InChI is InChI=1S/C16H22N2O2/c1-2-13-8-9-14(20-13)15(19)18-16(12-17)10-6-4-3-5-7-11-16/h8-9H,2-7,10-11H2,1H3,(H,18,19). The number of amides is 1. The van der Waals surface area contributed by atoms with Gasteiger partial charge in [0.1, 0.15) is 11.3 Å². The van der Waals surface area contributed by atoms with Gasteiger partial charge < -0.3 is 9.73 Å². The molecule has 1 saturated carbocycles. The molecule has 0 bridgehead atoms. The normalized spacial score (nSPS) is 18.6. The molecular weight excluding hydrogens is 252 g/mol. The molecule has 1 aromatic rings. The summed E-state index contributed by atoms with van der Waals surface area (Å²) in [6, 6.07) is 5.83. The Morgan fingerprint density at radius 2 is 1.95 bits per heavy atom. The van der Waals surface area contributed by atoms with Gasteiger partial charge in [-0.25, -0.2) is 0 Å². The summed E-state index contributed by atoms with van der Waals surface area (Å²) in [6.45, 7) is 1.98. The topological polar surface area (TPSA) is 66.0 Å². The minimum atomic E-state index is -0.726. The van der Waals surface area contributed by atoms with Crippen LogP contribution < -0.4 is 5.32 Å². The van der Waals surface area contributed by atoms with Crippen LogP contribution in [0.4, 0.5) is 0 Å². The zero-order valence-electron chi connectivity index (χ0n) is 12.1. The first kappa shape index (κ1) is 14.6. The second-order valence-electron chi connectivity index (χ2n) is 5.54. The van der Waals surface area contributed by atoms with Crippen molar-refractivity contribution in [1.29, 1.82) is 5.26 Å². The molecule has 1 fully saturated rings. The maximum Gasteiger partial charge on any atom is 0.288 e. The highest BCUT2D eigenvalue weighted by atomic mass is 16.3. The largest absolute Gasteiger partial charge is 0.456 e. The van der Waals surface area contributed by atoms with Crippen molar-refractivity contribution in [1.82, 2.24) is 5.32 Å². The number of hydrogen-bond acceptors (Lipinski definition) is 3. The van der Waals surface area contributed by atoms with Crippen molar-refractivity contribution in [3.63, 3.8) is 0 Å². The van der Waals surface area contributed by atoms with Crippen LogP contribution in [0.25, 0.3) is 0 Å². The maximum absolute atomic E-state index is 12.2. The summed E-state index contributed by atoms with van der Waals surface area (Å²) in [7, 11) is 0. The molecule has 0 aliphatic heterocycles. The minimum absolute atomic E-state index is 0.271. The van der Waals surface area contributed by atoms with E-state index in [1.165, 1.54) is 6.42 Å². The van der Waals surface area contributed by atoms with Gasteiger partial charge in [0.25, 0.3) is 5.91 Å². The lowest BCUT2D eigenvalue weighted by Gasteiger charge is -2.29. The first-order chi connectivity index (χ1) is 9.69. The van der Waals surface area contributed by atoms with Crippen LogP contribution in [0.5, 0.6) is 0 Å². The van der Waals surface area contributed by atoms with Gasteiger partial charge in [0, 0.05) is 6.42 Å². The average Bonchev–Trinajstić information content (AvgIpc) is 2.91. The summed E-state index contributed by atoms with van der Waals surface area (Å²) >= 11 is 0. The van der Waals surface area contributed by atoms with Crippen LogP contribution in [0.2, 0.25) is 0 Å². The molecule has 0 unspecified atom stereocenters. The fraction of sp³-hybridized carbons (Fsp3) is 0.625. The van der Waals surface area contributed by atoms with E-state index in [0.29, 0.717) is 5.76 Å². The summed E-state index contributed by atoms with van der Waals surface area (Å²) in [5, 5.41) is 12.4. The molecule has 0 spiro atoms. The lowest BCUT2D eigenvalue weighted by atomic mass is 9.85. The molecule has 108 valence electrons. The van der Waals surface area contributed by atoms with E-state index < -0.39 is 5.54 Å². The van der Waals surface area contributed by atoms with Crippen LogP contribution in [0.3, 0.4) is 0 Å². The van der Waals surface area contributed by atoms with Gasteiger partial charge in [0.05, 0.1) is 6.07 Å². The van der Waals surface area contributed by atoms with Crippen LogP contribution in [0.15, 0.2) is 16.5 Å². The van der Waals surface area contributed by atoms with Gasteiger partial charge in [-0.05, 0) is 25.0 Å². The summed E-state index contributed by atoms with van der Waals surface area (Å²) in [6.07, 6.45) is 7.72. The summed E-state index contributed by atoms with van der Waals surface area (Å²) in [5.41, 5.74) is -0.726. The van der Waals surface area contributed by atoms with Gasteiger partial charge in [0.2, 0.25) is 0 Å². The van der Waals surface area contributed by atoms with Crippen LogP contribution in [-0.4, -0.2) is 11.4 Å². The molecule has 1 heterocycles. The van der Waals surface area contributed by atoms with Crippen molar-refractivity contribution < 1.29 is 9.21 Å². The van der Waals surface area contributed by atoms with Crippen molar-refractivity contribution in [3.8, 4) is 6.07 Å². The van der Waals surface area contributed by atoms with E-state index in [4.69, 9.17) is 4.42 Å². The SMILES string of the molecule is CCc1ccc(C(=O)NC2(C#N)CCCCCCC2)o1. The Hall–Kier alpha value is -1.76. The van der Waals surface area contributed by atoms with Crippen LogP contribution >= 0.6 is 0 Å². The number of nitrogens with zero attached hydrogens (tertiary/aromatic N) is 1. The molecule has 0 atom stereocenters. The van der Waals surface area contributed by atoms with Gasteiger partial charge in [-0.15, -0.1) is 0 Å². The van der Waals surface area contributed by atoms with Gasteiger partial charge in [-0.1, -0.05) is 39.0 Å². The number of hydrogen-bond donors (Lipinski definition) is 1. The third-order valence-electron chi connectivity index (χ3n) is 4.01. The molecule has 1 aromatic heterocycles. The molecule has 1 amide bonds. The minimum Gasteiger partial charge on any atom is -0.456 e. The van der Waals surface area contributed by atoms with Gasteiger partial charge in [-0.3, -0.25) is 4.79 Å². The van der Waals surface area contributed by atoms with E-state index in [0.717, 1.165) is 50.7 Å². The highest BCUT2D eigenvalue weighted by Gasteiger charge is 2.32. The second kappa shape index (κ2) is 6.60. The average molecular weight is 274 g/mol. The Labute approximate surface area is 120 Å². The van der Waals surface area contributed by atoms with Crippen molar-refractivity contribution in [2.75, 3.05) is 0 Å². The fourth-order valence-corrected chi connectivity index (χ4v) is 2.74. The molecule has 1 aliphatic rings. The summed E-state index contributed by atoms with van der Waals surface area (Å²) < 4.78 is 5.46. The number of carbonyl (C=O) groups excluding carboxylic acids is 1.